The third kappa shape index (κ3) is 1.42. The average molecular weight is 271 g/mol. The maximum absolute atomic E-state index is 11.8. The van der Waals surface area contributed by atoms with Crippen LogP contribution in [0.1, 0.15) is 24.0 Å². The fourth-order valence-corrected chi connectivity index (χ4v) is 3.69. The molecule has 0 atom stereocenters. The molecular weight excluding hydrogens is 258 g/mol. The second kappa shape index (κ2) is 3.59. The maximum Gasteiger partial charge on any atom is 0.269 e. The molecule has 21 heavy (non-hydrogen) atoms. The number of hydrogen-bond donors (Lipinski definition) is 0. The van der Waals surface area contributed by atoms with Crippen molar-refractivity contribution in [3.05, 3.63) is 68.5 Å². The minimum Gasteiger partial charge on any atom is -0.267 e. The van der Waals surface area contributed by atoms with Gasteiger partial charge in [0, 0.05) is 17.7 Å². The lowest BCUT2D eigenvalue weighted by Crippen LogP contribution is -2.33. The van der Waals surface area contributed by atoms with Gasteiger partial charge in [-0.05, 0) is 51.6 Å². The third-order valence-corrected chi connectivity index (χ3v) is 4.90. The van der Waals surface area contributed by atoms with E-state index in [1.165, 1.54) is 27.1 Å². The van der Waals surface area contributed by atoms with Crippen LogP contribution >= 0.6 is 0 Å². The Hall–Kier alpha value is -2.48. The number of allylic oxidation sites excluding steroid dienone is 1. The summed E-state index contributed by atoms with van der Waals surface area (Å²) < 4.78 is 0. The molecule has 1 spiro atoms. The number of benzene rings is 1. The Morgan fingerprint density at radius 1 is 1.05 bits per heavy atom. The van der Waals surface area contributed by atoms with Crippen molar-refractivity contribution < 1.29 is 0 Å². The van der Waals surface area contributed by atoms with Crippen molar-refractivity contribution in [1.29, 1.82) is 0 Å². The standard InChI is InChI=1S/C19H13NO/c21-18-10-17-15(6-9-20-18)14-5-4-12-2-1-3-13(12)16(14)11-19(17)7-8-19/h1-6,9-11H,7-8H2. The van der Waals surface area contributed by atoms with Gasteiger partial charge in [-0.3, -0.25) is 4.79 Å². The van der Waals surface area contributed by atoms with E-state index in [0.717, 1.165) is 18.4 Å². The normalized spacial score (nSPS) is 18.3. The molecule has 2 heteroatoms. The summed E-state index contributed by atoms with van der Waals surface area (Å²) in [7, 11) is 0. The molecule has 0 unspecified atom stereocenters. The second-order valence-corrected chi connectivity index (χ2v) is 6.11. The zero-order valence-corrected chi connectivity index (χ0v) is 11.5. The van der Waals surface area contributed by atoms with Crippen LogP contribution in [0, 0.1) is 0 Å². The van der Waals surface area contributed by atoms with Crippen LogP contribution in [0.25, 0.3) is 29.4 Å². The molecule has 0 saturated heterocycles. The van der Waals surface area contributed by atoms with Crippen molar-refractivity contribution in [2.75, 3.05) is 0 Å². The molecule has 1 saturated carbocycles. The number of rotatable bonds is 0. The van der Waals surface area contributed by atoms with Gasteiger partial charge in [0.2, 0.25) is 0 Å². The van der Waals surface area contributed by atoms with Gasteiger partial charge >= 0.3 is 0 Å². The number of fused-ring (bicyclic) bond motifs is 6. The molecule has 0 radical (unpaired) electrons. The van der Waals surface area contributed by atoms with Crippen LogP contribution in [-0.4, -0.2) is 4.98 Å². The Labute approximate surface area is 121 Å². The summed E-state index contributed by atoms with van der Waals surface area (Å²) in [4.78, 5) is 15.8. The van der Waals surface area contributed by atoms with Crippen LogP contribution in [0.3, 0.4) is 0 Å². The molecule has 100 valence electrons. The first kappa shape index (κ1) is 11.2. The van der Waals surface area contributed by atoms with Gasteiger partial charge < -0.3 is 0 Å². The monoisotopic (exact) mass is 271 g/mol. The van der Waals surface area contributed by atoms with E-state index in [-0.39, 0.29) is 11.0 Å². The molecule has 1 fully saturated rings. The Morgan fingerprint density at radius 2 is 1.95 bits per heavy atom. The topological polar surface area (TPSA) is 30.0 Å². The largest absolute Gasteiger partial charge is 0.269 e. The molecule has 3 aliphatic carbocycles. The van der Waals surface area contributed by atoms with Gasteiger partial charge in [-0.25, -0.2) is 4.98 Å². The Bertz CT molecular complexity index is 1010. The Morgan fingerprint density at radius 3 is 2.81 bits per heavy atom. The lowest BCUT2D eigenvalue weighted by atomic mass is 9.82. The minimum atomic E-state index is -0.145. The molecule has 2 aromatic rings. The molecule has 1 aromatic heterocycles. The van der Waals surface area contributed by atoms with Crippen molar-refractivity contribution in [3.63, 3.8) is 0 Å². The van der Waals surface area contributed by atoms with Crippen molar-refractivity contribution >= 4 is 18.2 Å². The van der Waals surface area contributed by atoms with Gasteiger partial charge in [0.1, 0.15) is 0 Å². The van der Waals surface area contributed by atoms with Gasteiger partial charge in [-0.1, -0.05) is 36.4 Å². The predicted molar refractivity (Wildman–Crippen MR) is 84.1 cm³/mol. The zero-order chi connectivity index (χ0) is 14.0. The minimum absolute atomic E-state index is 0.0632. The summed E-state index contributed by atoms with van der Waals surface area (Å²) in [6, 6.07) is 8.07. The summed E-state index contributed by atoms with van der Waals surface area (Å²) >= 11 is 0. The molecule has 0 N–H and O–H groups in total. The van der Waals surface area contributed by atoms with E-state index < -0.39 is 0 Å². The van der Waals surface area contributed by atoms with E-state index in [1.54, 1.807) is 12.3 Å². The van der Waals surface area contributed by atoms with Crippen LogP contribution in [0.5, 0.6) is 0 Å². The van der Waals surface area contributed by atoms with Gasteiger partial charge in [-0.15, -0.1) is 0 Å². The molecule has 0 amide bonds. The molecule has 0 aliphatic heterocycles. The highest BCUT2D eigenvalue weighted by atomic mass is 16.1. The Kier molecular flexibility index (Phi) is 1.91. The number of nitrogens with zero attached hydrogens (tertiary/aromatic N) is 1. The van der Waals surface area contributed by atoms with Crippen LogP contribution in [0.15, 0.2) is 41.3 Å². The van der Waals surface area contributed by atoms with Crippen LogP contribution < -0.4 is 16.0 Å². The zero-order valence-electron chi connectivity index (χ0n) is 11.5. The average Bonchev–Trinajstić information content (AvgIpc) is 3.12. The molecule has 1 aromatic carbocycles. The first-order valence-electron chi connectivity index (χ1n) is 7.32. The van der Waals surface area contributed by atoms with Gasteiger partial charge in [0.15, 0.2) is 0 Å². The number of aromatic nitrogens is 1. The summed E-state index contributed by atoms with van der Waals surface area (Å²) in [6.45, 7) is 0. The van der Waals surface area contributed by atoms with E-state index in [4.69, 9.17) is 0 Å². The van der Waals surface area contributed by atoms with Gasteiger partial charge in [0.05, 0.1) is 0 Å². The summed E-state index contributed by atoms with van der Waals surface area (Å²) in [5.41, 5.74) is 4.75. The molecular formula is C19H13NO. The van der Waals surface area contributed by atoms with Crippen molar-refractivity contribution in [1.82, 2.24) is 4.98 Å². The first-order valence-corrected chi connectivity index (χ1v) is 7.32. The molecule has 5 rings (SSSR count). The van der Waals surface area contributed by atoms with E-state index >= 15 is 0 Å². The van der Waals surface area contributed by atoms with Gasteiger partial charge in [0.25, 0.3) is 5.56 Å². The third-order valence-electron chi connectivity index (χ3n) is 4.90. The van der Waals surface area contributed by atoms with Crippen LogP contribution in [0.4, 0.5) is 0 Å². The van der Waals surface area contributed by atoms with Crippen molar-refractivity contribution in [3.8, 4) is 11.1 Å². The fourth-order valence-electron chi connectivity index (χ4n) is 3.69. The number of hydrogen-bond acceptors (Lipinski definition) is 2. The lowest BCUT2D eigenvalue weighted by Gasteiger charge is -2.21. The molecule has 2 nitrogen and oxygen atoms in total. The molecule has 0 bridgehead atoms. The highest BCUT2D eigenvalue weighted by Gasteiger charge is 2.45. The summed E-state index contributed by atoms with van der Waals surface area (Å²) in [6.07, 6.45) is 12.7. The summed E-state index contributed by atoms with van der Waals surface area (Å²) in [5, 5.41) is 2.63. The Balaban J connectivity index is 1.99. The quantitative estimate of drug-likeness (QED) is 0.730. The van der Waals surface area contributed by atoms with Crippen LogP contribution in [0.2, 0.25) is 0 Å². The predicted octanol–water partition coefficient (Wildman–Crippen LogP) is 1.74. The second-order valence-electron chi connectivity index (χ2n) is 6.11. The highest BCUT2D eigenvalue weighted by Crippen LogP contribution is 2.53. The first-order chi connectivity index (χ1) is 10.3. The fraction of sp³-hybridized carbons (Fsp3) is 0.158. The SMILES string of the molecule is O=c1cc2c(ccn1)-c1ccc3c(c1=CC21CC1)=CC=C3. The van der Waals surface area contributed by atoms with E-state index in [0.29, 0.717) is 0 Å². The van der Waals surface area contributed by atoms with Gasteiger partial charge in [-0.2, -0.15) is 0 Å². The smallest absolute Gasteiger partial charge is 0.267 e. The molecule has 1 heterocycles. The maximum atomic E-state index is 11.8. The molecule has 3 aliphatic rings. The van der Waals surface area contributed by atoms with E-state index in [1.807, 2.05) is 6.07 Å². The van der Waals surface area contributed by atoms with Crippen molar-refractivity contribution in [2.45, 2.75) is 18.3 Å². The summed E-state index contributed by atoms with van der Waals surface area (Å²) in [5.74, 6) is 0. The van der Waals surface area contributed by atoms with Crippen molar-refractivity contribution in [2.24, 2.45) is 0 Å². The van der Waals surface area contributed by atoms with E-state index in [2.05, 4.69) is 41.4 Å². The van der Waals surface area contributed by atoms with Crippen LogP contribution in [-0.2, 0) is 5.41 Å². The van der Waals surface area contributed by atoms with E-state index in [9.17, 15) is 4.79 Å². The lowest BCUT2D eigenvalue weighted by molar-refractivity contribution is 0.935. The highest BCUT2D eigenvalue weighted by molar-refractivity contribution is 5.81.